The van der Waals surface area contributed by atoms with E-state index >= 15 is 0 Å². The smallest absolute Gasteiger partial charge is 0.221 e. The predicted molar refractivity (Wildman–Crippen MR) is 113 cm³/mol. The molecule has 1 amide bonds. The number of piperazine rings is 1. The minimum absolute atomic E-state index is 0.0152. The van der Waals surface area contributed by atoms with Crippen LogP contribution in [-0.4, -0.2) is 49.6 Å². The maximum absolute atomic E-state index is 13.6. The average molecular weight is 401 g/mol. The third-order valence-electron chi connectivity index (χ3n) is 6.41. The zero-order chi connectivity index (χ0) is 20.6. The van der Waals surface area contributed by atoms with Gasteiger partial charge >= 0.3 is 0 Å². The topological polar surface area (TPSA) is 59.4 Å². The molecule has 29 heavy (non-hydrogen) atoms. The molecule has 1 aliphatic carbocycles. The molecule has 0 atom stereocenters. The first-order chi connectivity index (χ1) is 14.0. The van der Waals surface area contributed by atoms with Gasteiger partial charge in [-0.25, -0.2) is 4.39 Å². The first kappa shape index (κ1) is 21.6. The van der Waals surface area contributed by atoms with Gasteiger partial charge in [-0.15, -0.1) is 0 Å². The maximum atomic E-state index is 13.6. The molecule has 158 valence electrons. The standard InChI is InChI=1S/C23H33FN4O/c1-18-4-7-20(24)17-22(18)28-15-13-27(14-16-28)12-10-19-5-8-21(9-6-19)26-23(29)3-2-11-25/h4,7,17,19,21H,2-3,5-6,8-10,12-16H2,1H3,(H,26,29). The van der Waals surface area contributed by atoms with Crippen LogP contribution in [0, 0.1) is 30.0 Å². The highest BCUT2D eigenvalue weighted by molar-refractivity contribution is 5.76. The SMILES string of the molecule is Cc1ccc(F)cc1N1CCN(CCC2CCC(NC(=O)CCC#N)CC2)CC1. The number of halogens is 1. The maximum Gasteiger partial charge on any atom is 0.221 e. The Morgan fingerprint density at radius 3 is 2.62 bits per heavy atom. The number of aryl methyl sites for hydroxylation is 1. The Hall–Kier alpha value is -2.13. The van der Waals surface area contributed by atoms with Crippen molar-refractivity contribution in [2.75, 3.05) is 37.6 Å². The predicted octanol–water partition coefficient (Wildman–Crippen LogP) is 3.63. The van der Waals surface area contributed by atoms with Crippen molar-refractivity contribution in [2.45, 2.75) is 57.9 Å². The molecule has 1 saturated heterocycles. The largest absolute Gasteiger partial charge is 0.369 e. The van der Waals surface area contributed by atoms with E-state index in [0.717, 1.165) is 62.7 Å². The van der Waals surface area contributed by atoms with Crippen LogP contribution in [0.4, 0.5) is 10.1 Å². The number of carbonyl (C=O) groups excluding carboxylic acids is 1. The average Bonchev–Trinajstić information content (AvgIpc) is 2.74. The summed E-state index contributed by atoms with van der Waals surface area (Å²) in [5.74, 6) is 0.594. The van der Waals surface area contributed by atoms with Gasteiger partial charge in [-0.05, 0) is 69.2 Å². The van der Waals surface area contributed by atoms with Gasteiger partial charge in [0.2, 0.25) is 5.91 Å². The summed E-state index contributed by atoms with van der Waals surface area (Å²) in [6, 6.07) is 7.36. The number of nitrogens with one attached hydrogen (secondary N) is 1. The first-order valence-corrected chi connectivity index (χ1v) is 10.9. The van der Waals surface area contributed by atoms with E-state index < -0.39 is 0 Å². The van der Waals surface area contributed by atoms with Crippen molar-refractivity contribution in [3.8, 4) is 6.07 Å². The number of nitriles is 1. The second kappa shape index (κ2) is 10.6. The Kier molecular flexibility index (Phi) is 7.88. The summed E-state index contributed by atoms with van der Waals surface area (Å²) < 4.78 is 13.6. The molecular formula is C23H33FN4O. The van der Waals surface area contributed by atoms with Crippen LogP contribution in [0.2, 0.25) is 0 Å². The van der Waals surface area contributed by atoms with E-state index in [-0.39, 0.29) is 17.8 Å². The van der Waals surface area contributed by atoms with Gasteiger partial charge < -0.3 is 10.2 Å². The lowest BCUT2D eigenvalue weighted by atomic mass is 9.84. The van der Waals surface area contributed by atoms with Gasteiger partial charge in [0, 0.05) is 50.7 Å². The number of hydrogen-bond acceptors (Lipinski definition) is 4. The number of nitrogens with zero attached hydrogens (tertiary/aromatic N) is 3. The fourth-order valence-electron chi connectivity index (χ4n) is 4.57. The number of carbonyl (C=O) groups is 1. The Morgan fingerprint density at radius 2 is 1.93 bits per heavy atom. The third-order valence-corrected chi connectivity index (χ3v) is 6.41. The van der Waals surface area contributed by atoms with Crippen LogP contribution in [0.15, 0.2) is 18.2 Å². The van der Waals surface area contributed by atoms with Crippen LogP contribution >= 0.6 is 0 Å². The molecule has 0 aromatic heterocycles. The highest BCUT2D eigenvalue weighted by Crippen LogP contribution is 2.28. The molecule has 0 bridgehead atoms. The normalized spacial score (nSPS) is 22.9. The molecular weight excluding hydrogens is 367 g/mol. The molecule has 1 aromatic carbocycles. The van der Waals surface area contributed by atoms with Crippen molar-refractivity contribution in [3.05, 3.63) is 29.6 Å². The molecule has 6 heteroatoms. The van der Waals surface area contributed by atoms with Crippen molar-refractivity contribution in [1.82, 2.24) is 10.2 Å². The Balaban J connectivity index is 1.34. The van der Waals surface area contributed by atoms with E-state index in [4.69, 9.17) is 5.26 Å². The highest BCUT2D eigenvalue weighted by atomic mass is 19.1. The fraction of sp³-hybridized carbons (Fsp3) is 0.652. The van der Waals surface area contributed by atoms with Crippen LogP contribution in [0.3, 0.4) is 0 Å². The summed E-state index contributed by atoms with van der Waals surface area (Å²) in [5, 5.41) is 11.6. The van der Waals surface area contributed by atoms with Gasteiger partial charge in [0.15, 0.2) is 0 Å². The molecule has 1 aliphatic heterocycles. The van der Waals surface area contributed by atoms with Crippen molar-refractivity contribution >= 4 is 11.6 Å². The Morgan fingerprint density at radius 1 is 1.21 bits per heavy atom. The van der Waals surface area contributed by atoms with Gasteiger partial charge in [-0.2, -0.15) is 5.26 Å². The molecule has 0 spiro atoms. The molecule has 2 aliphatic rings. The second-order valence-electron chi connectivity index (χ2n) is 8.49. The number of anilines is 1. The van der Waals surface area contributed by atoms with Crippen molar-refractivity contribution in [1.29, 1.82) is 5.26 Å². The van der Waals surface area contributed by atoms with Crippen LogP contribution in [0.25, 0.3) is 0 Å². The van der Waals surface area contributed by atoms with Gasteiger partial charge in [0.25, 0.3) is 0 Å². The number of rotatable bonds is 7. The summed E-state index contributed by atoms with van der Waals surface area (Å²) in [6.45, 7) is 7.13. The molecule has 1 N–H and O–H groups in total. The lowest BCUT2D eigenvalue weighted by Gasteiger charge is -2.38. The third kappa shape index (κ3) is 6.43. The summed E-state index contributed by atoms with van der Waals surface area (Å²) in [6.07, 6.45) is 6.28. The molecule has 2 fully saturated rings. The summed E-state index contributed by atoms with van der Waals surface area (Å²) in [5.41, 5.74) is 2.16. The monoisotopic (exact) mass is 400 g/mol. The zero-order valence-electron chi connectivity index (χ0n) is 17.5. The van der Waals surface area contributed by atoms with E-state index in [9.17, 15) is 9.18 Å². The van der Waals surface area contributed by atoms with Gasteiger partial charge in [0.1, 0.15) is 5.82 Å². The Labute approximate surface area is 173 Å². The molecule has 0 radical (unpaired) electrons. The summed E-state index contributed by atoms with van der Waals surface area (Å²) in [7, 11) is 0. The Bertz CT molecular complexity index is 716. The summed E-state index contributed by atoms with van der Waals surface area (Å²) in [4.78, 5) is 16.6. The van der Waals surface area contributed by atoms with Crippen LogP contribution in [0.5, 0.6) is 0 Å². The van der Waals surface area contributed by atoms with Gasteiger partial charge in [0.05, 0.1) is 6.07 Å². The van der Waals surface area contributed by atoms with Crippen molar-refractivity contribution in [2.24, 2.45) is 5.92 Å². The zero-order valence-corrected chi connectivity index (χ0v) is 17.5. The minimum atomic E-state index is -0.162. The molecule has 1 aromatic rings. The summed E-state index contributed by atoms with van der Waals surface area (Å²) >= 11 is 0. The van der Waals surface area contributed by atoms with E-state index in [1.54, 1.807) is 6.07 Å². The van der Waals surface area contributed by atoms with E-state index in [1.165, 1.54) is 25.3 Å². The van der Waals surface area contributed by atoms with E-state index in [1.807, 2.05) is 19.1 Å². The first-order valence-electron chi connectivity index (χ1n) is 10.9. The van der Waals surface area contributed by atoms with E-state index in [2.05, 4.69) is 15.1 Å². The molecule has 3 rings (SSSR count). The number of hydrogen-bond donors (Lipinski definition) is 1. The van der Waals surface area contributed by atoms with Crippen LogP contribution in [0.1, 0.15) is 50.5 Å². The quantitative estimate of drug-likeness (QED) is 0.759. The van der Waals surface area contributed by atoms with Gasteiger partial charge in [-0.3, -0.25) is 9.69 Å². The fourth-order valence-corrected chi connectivity index (χ4v) is 4.57. The van der Waals surface area contributed by atoms with Gasteiger partial charge in [-0.1, -0.05) is 6.07 Å². The lowest BCUT2D eigenvalue weighted by molar-refractivity contribution is -0.122. The molecule has 1 saturated carbocycles. The van der Waals surface area contributed by atoms with Crippen molar-refractivity contribution in [3.63, 3.8) is 0 Å². The molecule has 5 nitrogen and oxygen atoms in total. The van der Waals surface area contributed by atoms with Crippen LogP contribution in [-0.2, 0) is 4.79 Å². The van der Waals surface area contributed by atoms with Crippen LogP contribution < -0.4 is 10.2 Å². The van der Waals surface area contributed by atoms with Crippen molar-refractivity contribution < 1.29 is 9.18 Å². The molecule has 1 heterocycles. The van der Waals surface area contributed by atoms with E-state index in [0.29, 0.717) is 12.8 Å². The number of amides is 1. The lowest BCUT2D eigenvalue weighted by Crippen LogP contribution is -2.47. The second-order valence-corrected chi connectivity index (χ2v) is 8.49. The minimum Gasteiger partial charge on any atom is -0.369 e. The highest BCUT2D eigenvalue weighted by Gasteiger charge is 2.24. The molecule has 0 unspecified atom stereocenters. The number of benzene rings is 1.